The van der Waals surface area contributed by atoms with Gasteiger partial charge < -0.3 is 14.6 Å². The van der Waals surface area contributed by atoms with Crippen LogP contribution >= 0.6 is 0 Å². The molecule has 3 atom stereocenters. The molecule has 7 nitrogen and oxygen atoms in total. The molecule has 0 bridgehead atoms. The summed E-state index contributed by atoms with van der Waals surface area (Å²) in [6.45, 7) is 8.68. The third-order valence-electron chi connectivity index (χ3n) is 4.38. The van der Waals surface area contributed by atoms with E-state index in [1.807, 2.05) is 24.7 Å². The topological polar surface area (TPSA) is 78.0 Å². The first-order valence-electron chi connectivity index (χ1n) is 8.41. The van der Waals surface area contributed by atoms with Gasteiger partial charge in [0.05, 0.1) is 18.3 Å². The van der Waals surface area contributed by atoms with Crippen LogP contribution < -0.4 is 5.32 Å². The van der Waals surface area contributed by atoms with Gasteiger partial charge in [-0.25, -0.2) is 0 Å². The quantitative estimate of drug-likeness (QED) is 0.843. The van der Waals surface area contributed by atoms with E-state index in [4.69, 9.17) is 9.26 Å². The lowest BCUT2D eigenvalue weighted by molar-refractivity contribution is 0.0895. The second-order valence-electron chi connectivity index (χ2n) is 6.00. The maximum Gasteiger partial charge on any atom is 0.243 e. The van der Waals surface area contributed by atoms with Gasteiger partial charge in [0.15, 0.2) is 5.82 Å². The number of nitrogens with one attached hydrogen (secondary N) is 1. The molecular formula is C16H25N5O2. The van der Waals surface area contributed by atoms with Gasteiger partial charge in [0.25, 0.3) is 0 Å². The van der Waals surface area contributed by atoms with Crippen molar-refractivity contribution >= 4 is 0 Å². The predicted octanol–water partition coefficient (Wildman–Crippen LogP) is 2.28. The largest absolute Gasteiger partial charge is 0.373 e. The van der Waals surface area contributed by atoms with Gasteiger partial charge in [0.1, 0.15) is 0 Å². The van der Waals surface area contributed by atoms with Gasteiger partial charge in [0, 0.05) is 43.8 Å². The SMILES string of the molecule is CCc1noc([C@H](C)NC[C@H]2CCO[C@@H]2c2cnn(CC)c2)n1. The molecule has 1 aliphatic heterocycles. The molecule has 0 radical (unpaired) electrons. The Morgan fingerprint density at radius 3 is 3.00 bits per heavy atom. The molecule has 1 aliphatic rings. The van der Waals surface area contributed by atoms with Crippen LogP contribution in [0.5, 0.6) is 0 Å². The van der Waals surface area contributed by atoms with E-state index in [9.17, 15) is 0 Å². The number of hydrogen-bond donors (Lipinski definition) is 1. The molecule has 0 saturated carbocycles. The van der Waals surface area contributed by atoms with Gasteiger partial charge in [-0.1, -0.05) is 12.1 Å². The van der Waals surface area contributed by atoms with Gasteiger partial charge in [-0.15, -0.1) is 0 Å². The van der Waals surface area contributed by atoms with E-state index in [1.54, 1.807) is 0 Å². The minimum atomic E-state index is 0.0439. The molecule has 2 aromatic heterocycles. The van der Waals surface area contributed by atoms with E-state index in [-0.39, 0.29) is 12.1 Å². The van der Waals surface area contributed by atoms with E-state index in [0.29, 0.717) is 11.8 Å². The lowest BCUT2D eigenvalue weighted by Gasteiger charge is -2.19. The first-order valence-corrected chi connectivity index (χ1v) is 8.41. The summed E-state index contributed by atoms with van der Waals surface area (Å²) < 4.78 is 13.2. The van der Waals surface area contributed by atoms with E-state index < -0.39 is 0 Å². The van der Waals surface area contributed by atoms with Crippen LogP contribution in [0.4, 0.5) is 0 Å². The number of hydrogen-bond acceptors (Lipinski definition) is 6. The molecule has 0 aliphatic carbocycles. The maximum absolute atomic E-state index is 5.92. The molecule has 1 N–H and O–H groups in total. The first kappa shape index (κ1) is 16.1. The average molecular weight is 319 g/mol. The van der Waals surface area contributed by atoms with Gasteiger partial charge in [-0.05, 0) is 20.3 Å². The second-order valence-corrected chi connectivity index (χ2v) is 6.00. The summed E-state index contributed by atoms with van der Waals surface area (Å²) in [5, 5.41) is 11.8. The summed E-state index contributed by atoms with van der Waals surface area (Å²) in [6, 6.07) is 0.0439. The lowest BCUT2D eigenvalue weighted by atomic mass is 9.97. The number of rotatable bonds is 7. The maximum atomic E-state index is 5.92. The van der Waals surface area contributed by atoms with E-state index in [2.05, 4.69) is 33.7 Å². The Hall–Kier alpha value is -1.73. The second kappa shape index (κ2) is 7.23. The zero-order valence-electron chi connectivity index (χ0n) is 14.0. The van der Waals surface area contributed by atoms with Crippen LogP contribution in [0, 0.1) is 5.92 Å². The van der Waals surface area contributed by atoms with Crippen LogP contribution in [0.3, 0.4) is 0 Å². The molecule has 23 heavy (non-hydrogen) atoms. The minimum Gasteiger partial charge on any atom is -0.373 e. The van der Waals surface area contributed by atoms with E-state index >= 15 is 0 Å². The summed E-state index contributed by atoms with van der Waals surface area (Å²) in [6.07, 6.45) is 5.95. The summed E-state index contributed by atoms with van der Waals surface area (Å²) in [5.41, 5.74) is 1.16. The smallest absolute Gasteiger partial charge is 0.243 e. The molecule has 126 valence electrons. The van der Waals surface area contributed by atoms with Crippen molar-refractivity contribution in [3.8, 4) is 0 Å². The fraction of sp³-hybridized carbons (Fsp3) is 0.688. The zero-order valence-corrected chi connectivity index (χ0v) is 14.0. The van der Waals surface area contributed by atoms with Crippen molar-refractivity contribution in [2.45, 2.75) is 52.3 Å². The van der Waals surface area contributed by atoms with E-state index in [1.165, 1.54) is 0 Å². The predicted molar refractivity (Wildman–Crippen MR) is 84.8 cm³/mol. The van der Waals surface area contributed by atoms with Crippen LogP contribution in [0.15, 0.2) is 16.9 Å². The number of aromatic nitrogens is 4. The van der Waals surface area contributed by atoms with Crippen molar-refractivity contribution in [2.75, 3.05) is 13.2 Å². The molecule has 2 aromatic rings. The van der Waals surface area contributed by atoms with Crippen molar-refractivity contribution in [1.29, 1.82) is 0 Å². The van der Waals surface area contributed by atoms with Gasteiger partial charge in [-0.2, -0.15) is 10.1 Å². The van der Waals surface area contributed by atoms with Crippen molar-refractivity contribution in [1.82, 2.24) is 25.2 Å². The average Bonchev–Trinajstić information content (AvgIpc) is 3.31. The molecule has 0 unspecified atom stereocenters. The Bertz CT molecular complexity index is 624. The molecule has 0 amide bonds. The van der Waals surface area contributed by atoms with Gasteiger partial charge in [-0.3, -0.25) is 4.68 Å². The van der Waals surface area contributed by atoms with E-state index in [0.717, 1.165) is 43.9 Å². The van der Waals surface area contributed by atoms with Crippen molar-refractivity contribution in [2.24, 2.45) is 5.92 Å². The van der Waals surface area contributed by atoms with Crippen molar-refractivity contribution in [3.63, 3.8) is 0 Å². The fourth-order valence-corrected chi connectivity index (χ4v) is 2.91. The Morgan fingerprint density at radius 1 is 1.43 bits per heavy atom. The summed E-state index contributed by atoms with van der Waals surface area (Å²) in [7, 11) is 0. The highest BCUT2D eigenvalue weighted by atomic mass is 16.5. The van der Waals surface area contributed by atoms with Crippen LogP contribution in [0.1, 0.15) is 56.6 Å². The van der Waals surface area contributed by atoms with Crippen LogP contribution in [0.2, 0.25) is 0 Å². The lowest BCUT2D eigenvalue weighted by Crippen LogP contribution is -2.27. The standard InChI is InChI=1S/C16H25N5O2/c1-4-14-19-16(23-20-14)11(3)17-8-12-6-7-22-15(12)13-9-18-21(5-2)10-13/h9-12,15,17H,4-8H2,1-3H3/t11-,12+,15-/m0/s1. The van der Waals surface area contributed by atoms with Crippen LogP contribution in [0.25, 0.3) is 0 Å². The molecule has 1 saturated heterocycles. The fourth-order valence-electron chi connectivity index (χ4n) is 2.91. The minimum absolute atomic E-state index is 0.0439. The molecule has 3 heterocycles. The Morgan fingerprint density at radius 2 is 2.30 bits per heavy atom. The zero-order chi connectivity index (χ0) is 16.2. The number of aryl methyl sites for hydroxylation is 2. The molecule has 0 aromatic carbocycles. The van der Waals surface area contributed by atoms with Crippen LogP contribution in [-0.2, 0) is 17.7 Å². The highest BCUT2D eigenvalue weighted by Gasteiger charge is 2.31. The summed E-state index contributed by atoms with van der Waals surface area (Å²) >= 11 is 0. The molecule has 0 spiro atoms. The Kier molecular flexibility index (Phi) is 5.07. The Labute approximate surface area is 136 Å². The Balaban J connectivity index is 1.58. The number of ether oxygens (including phenoxy) is 1. The third-order valence-corrected chi connectivity index (χ3v) is 4.38. The van der Waals surface area contributed by atoms with Crippen LogP contribution in [-0.4, -0.2) is 33.1 Å². The molecule has 7 heteroatoms. The summed E-state index contributed by atoms with van der Waals surface area (Å²) in [5.74, 6) is 1.83. The molecule has 3 rings (SSSR count). The number of nitrogens with zero attached hydrogens (tertiary/aromatic N) is 4. The summed E-state index contributed by atoms with van der Waals surface area (Å²) in [4.78, 5) is 4.38. The molecular weight excluding hydrogens is 294 g/mol. The van der Waals surface area contributed by atoms with Gasteiger partial charge in [0.2, 0.25) is 5.89 Å². The monoisotopic (exact) mass is 319 g/mol. The van der Waals surface area contributed by atoms with Gasteiger partial charge >= 0.3 is 0 Å². The normalized spacial score (nSPS) is 22.6. The first-order chi connectivity index (χ1) is 11.2. The van der Waals surface area contributed by atoms with Crippen molar-refractivity contribution < 1.29 is 9.26 Å². The highest BCUT2D eigenvalue weighted by molar-refractivity contribution is 5.11. The highest BCUT2D eigenvalue weighted by Crippen LogP contribution is 2.34. The molecule has 1 fully saturated rings. The van der Waals surface area contributed by atoms with Crippen molar-refractivity contribution in [3.05, 3.63) is 29.7 Å². The third kappa shape index (κ3) is 3.61.